The predicted octanol–water partition coefficient (Wildman–Crippen LogP) is 5.35. The summed E-state index contributed by atoms with van der Waals surface area (Å²) >= 11 is 0. The zero-order valence-electron chi connectivity index (χ0n) is 18.1. The molecule has 1 saturated heterocycles. The lowest BCUT2D eigenvalue weighted by atomic mass is 9.97. The van der Waals surface area contributed by atoms with Crippen LogP contribution in [0.2, 0.25) is 0 Å². The first-order valence-electron chi connectivity index (χ1n) is 11.3. The normalized spacial score (nSPS) is 21.2. The highest BCUT2D eigenvalue weighted by molar-refractivity contribution is 5.79. The molecule has 5 heteroatoms. The number of carbonyl (C=O) groups is 1. The molecule has 6 rings (SSSR count). The number of carbonyl (C=O) groups excluding carboxylic acids is 1. The Labute approximate surface area is 187 Å². The Morgan fingerprint density at radius 2 is 1.66 bits per heavy atom. The monoisotopic (exact) mass is 423 g/mol. The van der Waals surface area contributed by atoms with Crippen molar-refractivity contribution in [2.75, 3.05) is 6.61 Å². The highest BCUT2D eigenvalue weighted by atomic mass is 16.6. The Balaban J connectivity index is 1.20. The third-order valence-corrected chi connectivity index (χ3v) is 7.09. The lowest BCUT2D eigenvalue weighted by Gasteiger charge is -2.33. The third kappa shape index (κ3) is 3.11. The van der Waals surface area contributed by atoms with E-state index in [2.05, 4.69) is 64.6 Å². The zero-order valence-corrected chi connectivity index (χ0v) is 18.1. The summed E-state index contributed by atoms with van der Waals surface area (Å²) < 4.78 is 5.95. The summed E-state index contributed by atoms with van der Waals surface area (Å²) in [6, 6.07) is 17.1. The SMILES string of the molecule is Cc1ncc(C2=CC3CCC(C2)N3C(=O)OCC2c3ccccc3-c3ccccc32)cn1. The van der Waals surface area contributed by atoms with Crippen LogP contribution in [0.5, 0.6) is 0 Å². The minimum absolute atomic E-state index is 0.0840. The number of aryl methyl sites for hydroxylation is 1. The predicted molar refractivity (Wildman–Crippen MR) is 123 cm³/mol. The molecule has 1 aromatic heterocycles. The number of rotatable bonds is 3. The number of amides is 1. The van der Waals surface area contributed by atoms with Crippen LogP contribution in [0.25, 0.3) is 16.7 Å². The van der Waals surface area contributed by atoms with Crippen LogP contribution in [0.4, 0.5) is 4.79 Å². The fourth-order valence-electron chi connectivity index (χ4n) is 5.56. The lowest BCUT2D eigenvalue weighted by molar-refractivity contribution is 0.0866. The molecular formula is C27H25N3O2. The average Bonchev–Trinajstić information content (AvgIpc) is 3.29. The Hall–Kier alpha value is -3.47. The molecule has 1 aliphatic carbocycles. The molecule has 3 aliphatic rings. The summed E-state index contributed by atoms with van der Waals surface area (Å²) in [5.74, 6) is 0.859. The largest absolute Gasteiger partial charge is 0.448 e. The molecule has 0 N–H and O–H groups in total. The zero-order chi connectivity index (χ0) is 21.7. The molecule has 3 heterocycles. The molecule has 2 bridgehead atoms. The second-order valence-corrected chi connectivity index (χ2v) is 8.92. The summed E-state index contributed by atoms with van der Waals surface area (Å²) in [6.45, 7) is 2.26. The van der Waals surface area contributed by atoms with E-state index in [9.17, 15) is 4.79 Å². The average molecular weight is 424 g/mol. The molecule has 160 valence electrons. The quantitative estimate of drug-likeness (QED) is 0.570. The summed E-state index contributed by atoms with van der Waals surface area (Å²) in [7, 11) is 0. The number of aromatic nitrogens is 2. The van der Waals surface area contributed by atoms with Crippen LogP contribution in [0.3, 0.4) is 0 Å². The molecule has 0 spiro atoms. The first kappa shape index (κ1) is 19.2. The van der Waals surface area contributed by atoms with Gasteiger partial charge in [-0.1, -0.05) is 54.6 Å². The molecule has 5 nitrogen and oxygen atoms in total. The van der Waals surface area contributed by atoms with Crippen molar-refractivity contribution in [3.63, 3.8) is 0 Å². The van der Waals surface area contributed by atoms with Gasteiger partial charge in [0.2, 0.25) is 0 Å². The molecule has 3 aromatic rings. The van der Waals surface area contributed by atoms with Crippen molar-refractivity contribution in [2.24, 2.45) is 0 Å². The van der Waals surface area contributed by atoms with Gasteiger partial charge in [-0.05, 0) is 54.0 Å². The summed E-state index contributed by atoms with van der Waals surface area (Å²) in [5, 5.41) is 0. The van der Waals surface area contributed by atoms with Crippen molar-refractivity contribution in [3.05, 3.63) is 89.5 Å². The van der Waals surface area contributed by atoms with Crippen LogP contribution in [0.1, 0.15) is 47.7 Å². The van der Waals surface area contributed by atoms with E-state index >= 15 is 0 Å². The Morgan fingerprint density at radius 1 is 1.00 bits per heavy atom. The molecule has 32 heavy (non-hydrogen) atoms. The van der Waals surface area contributed by atoms with E-state index in [0.29, 0.717) is 6.61 Å². The van der Waals surface area contributed by atoms with Gasteiger partial charge in [-0.3, -0.25) is 4.90 Å². The molecule has 2 unspecified atom stereocenters. The van der Waals surface area contributed by atoms with Gasteiger partial charge in [0.15, 0.2) is 0 Å². The number of fused-ring (bicyclic) bond motifs is 5. The molecule has 1 amide bonds. The molecular weight excluding hydrogens is 398 g/mol. The molecule has 0 radical (unpaired) electrons. The standard InChI is InChI=1S/C27H25N3O2/c1-17-28-14-19(15-29-17)18-12-20-10-11-21(13-18)30(20)27(31)32-16-26-24-8-4-2-6-22(24)23-7-3-5-9-25(23)26/h2-9,12,14-15,20-21,26H,10-11,13,16H2,1H3. The Bertz CT molecular complexity index is 1170. The third-order valence-electron chi connectivity index (χ3n) is 7.09. The molecule has 1 fully saturated rings. The van der Waals surface area contributed by atoms with E-state index in [4.69, 9.17) is 4.74 Å². The van der Waals surface area contributed by atoms with Gasteiger partial charge in [-0.15, -0.1) is 0 Å². The smallest absolute Gasteiger partial charge is 0.410 e. The lowest BCUT2D eigenvalue weighted by Crippen LogP contribution is -2.43. The highest BCUT2D eigenvalue weighted by Gasteiger charge is 2.41. The molecule has 2 atom stereocenters. The van der Waals surface area contributed by atoms with Crippen molar-refractivity contribution >= 4 is 11.7 Å². The summed E-state index contributed by atoms with van der Waals surface area (Å²) in [5.41, 5.74) is 7.26. The number of hydrogen-bond donors (Lipinski definition) is 0. The number of nitrogens with zero attached hydrogens (tertiary/aromatic N) is 3. The minimum Gasteiger partial charge on any atom is -0.448 e. The number of hydrogen-bond acceptors (Lipinski definition) is 4. The summed E-state index contributed by atoms with van der Waals surface area (Å²) in [4.78, 5) is 23.8. The van der Waals surface area contributed by atoms with Crippen LogP contribution >= 0.6 is 0 Å². The van der Waals surface area contributed by atoms with Gasteiger partial charge in [0.05, 0.1) is 6.04 Å². The fourth-order valence-corrected chi connectivity index (χ4v) is 5.56. The molecule has 0 saturated carbocycles. The first-order valence-corrected chi connectivity index (χ1v) is 11.3. The maximum atomic E-state index is 13.2. The van der Waals surface area contributed by atoms with Crippen LogP contribution in [0.15, 0.2) is 67.0 Å². The van der Waals surface area contributed by atoms with E-state index in [-0.39, 0.29) is 24.1 Å². The van der Waals surface area contributed by atoms with Crippen molar-refractivity contribution in [3.8, 4) is 11.1 Å². The van der Waals surface area contributed by atoms with E-state index in [1.165, 1.54) is 27.8 Å². The maximum absolute atomic E-state index is 13.2. The minimum atomic E-state index is -0.199. The Kier molecular flexibility index (Phi) is 4.56. The Morgan fingerprint density at radius 3 is 2.31 bits per heavy atom. The van der Waals surface area contributed by atoms with Gasteiger partial charge in [-0.25, -0.2) is 14.8 Å². The topological polar surface area (TPSA) is 55.3 Å². The van der Waals surface area contributed by atoms with Gasteiger partial charge < -0.3 is 4.74 Å². The van der Waals surface area contributed by atoms with E-state index in [0.717, 1.165) is 30.7 Å². The summed E-state index contributed by atoms with van der Waals surface area (Å²) in [6.07, 6.45) is 8.58. The maximum Gasteiger partial charge on any atom is 0.410 e. The highest BCUT2D eigenvalue weighted by Crippen LogP contribution is 2.45. The van der Waals surface area contributed by atoms with E-state index in [1.807, 2.05) is 24.2 Å². The van der Waals surface area contributed by atoms with Gasteiger partial charge in [0, 0.05) is 29.9 Å². The van der Waals surface area contributed by atoms with Crippen LogP contribution in [-0.2, 0) is 4.74 Å². The first-order chi connectivity index (χ1) is 15.7. The second-order valence-electron chi connectivity index (χ2n) is 8.92. The molecule has 2 aromatic carbocycles. The van der Waals surface area contributed by atoms with Crippen molar-refractivity contribution < 1.29 is 9.53 Å². The van der Waals surface area contributed by atoms with Crippen molar-refractivity contribution in [1.82, 2.24) is 14.9 Å². The number of ether oxygens (including phenoxy) is 1. The van der Waals surface area contributed by atoms with E-state index < -0.39 is 0 Å². The van der Waals surface area contributed by atoms with Crippen molar-refractivity contribution in [2.45, 2.75) is 44.2 Å². The van der Waals surface area contributed by atoms with Crippen LogP contribution in [-0.4, -0.2) is 39.7 Å². The van der Waals surface area contributed by atoms with Gasteiger partial charge in [-0.2, -0.15) is 0 Å². The fraction of sp³-hybridized carbons (Fsp3) is 0.296. The van der Waals surface area contributed by atoms with Crippen LogP contribution < -0.4 is 0 Å². The van der Waals surface area contributed by atoms with E-state index in [1.54, 1.807) is 0 Å². The van der Waals surface area contributed by atoms with Gasteiger partial charge >= 0.3 is 6.09 Å². The van der Waals surface area contributed by atoms with Gasteiger partial charge in [0.1, 0.15) is 12.4 Å². The number of benzene rings is 2. The molecule has 2 aliphatic heterocycles. The van der Waals surface area contributed by atoms with Crippen molar-refractivity contribution in [1.29, 1.82) is 0 Å². The second kappa shape index (κ2) is 7.59. The van der Waals surface area contributed by atoms with Crippen LogP contribution in [0, 0.1) is 6.92 Å². The van der Waals surface area contributed by atoms with Gasteiger partial charge in [0.25, 0.3) is 0 Å².